The third kappa shape index (κ3) is 5.89. The largest absolute Gasteiger partial charge is 0.497 e. The lowest BCUT2D eigenvalue weighted by molar-refractivity contribution is -0.141. The van der Waals surface area contributed by atoms with Crippen LogP contribution in [0.3, 0.4) is 0 Å². The maximum absolute atomic E-state index is 14.2. The molecule has 5 rings (SSSR count). The summed E-state index contributed by atoms with van der Waals surface area (Å²) in [6.45, 7) is 0. The minimum Gasteiger partial charge on any atom is -0.497 e. The fourth-order valence-corrected chi connectivity index (χ4v) is 4.48. The predicted octanol–water partition coefficient (Wildman–Crippen LogP) is 6.73. The van der Waals surface area contributed by atoms with Crippen LogP contribution in [0.4, 0.5) is 13.2 Å². The van der Waals surface area contributed by atoms with E-state index in [1.807, 2.05) is 0 Å². The standard InChI is InChI=1S/C31H27F3N4O5/c1-39-21-8-6-7-18(13-21)22-17-29(31(32,33)34)36-30(35-22)38-24(20-10-12-26(41-3)28(15-20)43-5)16-23(37-38)19-9-11-25(40-2)27(14-19)42-4/h6-17H,1-5H3. The van der Waals surface area contributed by atoms with Gasteiger partial charge in [0, 0.05) is 16.7 Å². The highest BCUT2D eigenvalue weighted by Gasteiger charge is 2.34. The monoisotopic (exact) mass is 592 g/mol. The summed E-state index contributed by atoms with van der Waals surface area (Å²) >= 11 is 0. The van der Waals surface area contributed by atoms with E-state index in [4.69, 9.17) is 23.7 Å². The molecule has 9 nitrogen and oxygen atoms in total. The average molecular weight is 593 g/mol. The minimum absolute atomic E-state index is 0.0395. The van der Waals surface area contributed by atoms with Gasteiger partial charge in [0.2, 0.25) is 0 Å². The van der Waals surface area contributed by atoms with Crippen molar-refractivity contribution >= 4 is 0 Å². The molecule has 0 fully saturated rings. The van der Waals surface area contributed by atoms with Gasteiger partial charge in [-0.2, -0.15) is 23.0 Å². The zero-order chi connectivity index (χ0) is 30.7. The molecule has 0 aliphatic heterocycles. The van der Waals surface area contributed by atoms with Crippen LogP contribution in [-0.4, -0.2) is 55.3 Å². The molecule has 0 aliphatic carbocycles. The maximum Gasteiger partial charge on any atom is 0.433 e. The van der Waals surface area contributed by atoms with Gasteiger partial charge in [-0.05, 0) is 60.7 Å². The Hall–Kier alpha value is -5.26. The van der Waals surface area contributed by atoms with Gasteiger partial charge in [0.05, 0.1) is 52.6 Å². The normalized spacial score (nSPS) is 11.3. The molecule has 5 aromatic rings. The maximum atomic E-state index is 14.2. The van der Waals surface area contributed by atoms with Gasteiger partial charge in [0.1, 0.15) is 5.75 Å². The molecular weight excluding hydrogens is 565 g/mol. The van der Waals surface area contributed by atoms with Gasteiger partial charge < -0.3 is 23.7 Å². The topological polar surface area (TPSA) is 89.8 Å². The van der Waals surface area contributed by atoms with Crippen LogP contribution in [0.5, 0.6) is 28.7 Å². The van der Waals surface area contributed by atoms with E-state index < -0.39 is 11.9 Å². The first-order chi connectivity index (χ1) is 20.7. The van der Waals surface area contributed by atoms with Crippen molar-refractivity contribution in [1.29, 1.82) is 0 Å². The Morgan fingerprint density at radius 2 is 1.19 bits per heavy atom. The number of alkyl halides is 3. The number of benzene rings is 3. The highest BCUT2D eigenvalue weighted by Crippen LogP contribution is 2.38. The van der Waals surface area contributed by atoms with Crippen molar-refractivity contribution < 1.29 is 36.9 Å². The van der Waals surface area contributed by atoms with Crippen LogP contribution in [0.1, 0.15) is 5.69 Å². The summed E-state index contributed by atoms with van der Waals surface area (Å²) < 4.78 is 70.6. The van der Waals surface area contributed by atoms with Crippen LogP contribution < -0.4 is 23.7 Å². The molecule has 0 atom stereocenters. The molecule has 0 saturated carbocycles. The van der Waals surface area contributed by atoms with Crippen LogP contribution in [0.2, 0.25) is 0 Å². The lowest BCUT2D eigenvalue weighted by atomic mass is 10.1. The van der Waals surface area contributed by atoms with Crippen molar-refractivity contribution in [3.63, 3.8) is 0 Å². The molecule has 2 aromatic heterocycles. The zero-order valence-corrected chi connectivity index (χ0v) is 23.9. The zero-order valence-electron chi connectivity index (χ0n) is 23.9. The number of aromatic nitrogens is 4. The number of rotatable bonds is 9. The van der Waals surface area contributed by atoms with Crippen molar-refractivity contribution in [1.82, 2.24) is 19.7 Å². The molecular formula is C31H27F3N4O5. The molecule has 3 aromatic carbocycles. The molecule has 0 spiro atoms. The minimum atomic E-state index is -4.76. The quantitative estimate of drug-likeness (QED) is 0.186. The van der Waals surface area contributed by atoms with Crippen molar-refractivity contribution in [2.24, 2.45) is 0 Å². The van der Waals surface area contributed by atoms with Gasteiger partial charge >= 0.3 is 6.18 Å². The van der Waals surface area contributed by atoms with Crippen LogP contribution >= 0.6 is 0 Å². The fourth-order valence-electron chi connectivity index (χ4n) is 4.48. The van der Waals surface area contributed by atoms with E-state index in [1.54, 1.807) is 66.7 Å². The molecule has 0 saturated heterocycles. The van der Waals surface area contributed by atoms with Gasteiger partial charge in [-0.1, -0.05) is 12.1 Å². The Kier molecular flexibility index (Phi) is 8.11. The molecule has 0 radical (unpaired) electrons. The number of halogens is 3. The second kappa shape index (κ2) is 11.9. The molecule has 0 amide bonds. The third-order valence-electron chi connectivity index (χ3n) is 6.63. The van der Waals surface area contributed by atoms with Gasteiger partial charge in [-0.25, -0.2) is 9.97 Å². The highest BCUT2D eigenvalue weighted by atomic mass is 19.4. The number of ether oxygens (including phenoxy) is 5. The van der Waals surface area contributed by atoms with Crippen LogP contribution in [-0.2, 0) is 6.18 Å². The van der Waals surface area contributed by atoms with E-state index in [2.05, 4.69) is 15.1 Å². The van der Waals surface area contributed by atoms with E-state index in [0.717, 1.165) is 6.07 Å². The van der Waals surface area contributed by atoms with Crippen molar-refractivity contribution in [2.75, 3.05) is 35.5 Å². The first kappa shape index (κ1) is 29.2. The number of methoxy groups -OCH3 is 5. The lowest BCUT2D eigenvalue weighted by Gasteiger charge is -2.14. The van der Waals surface area contributed by atoms with Crippen molar-refractivity contribution in [2.45, 2.75) is 6.18 Å². The summed E-state index contributed by atoms with van der Waals surface area (Å²) in [6, 6.07) is 19.5. The summed E-state index contributed by atoms with van der Waals surface area (Å²) in [5, 5.41) is 4.68. The first-order valence-electron chi connectivity index (χ1n) is 12.8. The second-order valence-electron chi connectivity index (χ2n) is 9.13. The van der Waals surface area contributed by atoms with Gasteiger partial charge in [0.15, 0.2) is 28.7 Å². The van der Waals surface area contributed by atoms with Crippen LogP contribution in [0, 0.1) is 0 Å². The number of nitrogens with zero attached hydrogens (tertiary/aromatic N) is 4. The summed E-state index contributed by atoms with van der Waals surface area (Å²) in [7, 11) is 7.50. The lowest BCUT2D eigenvalue weighted by Crippen LogP contribution is -2.14. The summed E-state index contributed by atoms with van der Waals surface area (Å²) in [4.78, 5) is 8.43. The van der Waals surface area contributed by atoms with Crippen LogP contribution in [0.25, 0.3) is 39.7 Å². The Morgan fingerprint density at radius 1 is 0.581 bits per heavy atom. The average Bonchev–Trinajstić information content (AvgIpc) is 3.49. The van der Waals surface area contributed by atoms with Crippen molar-refractivity contribution in [3.8, 4) is 68.5 Å². The Morgan fingerprint density at radius 3 is 1.79 bits per heavy atom. The molecule has 2 heterocycles. The molecule has 0 unspecified atom stereocenters. The SMILES string of the molecule is COc1cccc(-c2cc(C(F)(F)F)nc(-n3nc(-c4ccc(OC)c(OC)c4)cc3-c3ccc(OC)c(OC)c3)n2)c1. The smallest absolute Gasteiger partial charge is 0.433 e. The van der Waals surface area contributed by atoms with Gasteiger partial charge in [0.25, 0.3) is 5.95 Å². The molecule has 222 valence electrons. The van der Waals surface area contributed by atoms with E-state index >= 15 is 0 Å². The molecule has 12 heteroatoms. The van der Waals surface area contributed by atoms with E-state index in [-0.39, 0.29) is 11.6 Å². The van der Waals surface area contributed by atoms with Crippen LogP contribution in [0.15, 0.2) is 72.8 Å². The number of hydrogen-bond acceptors (Lipinski definition) is 8. The Balaban J connectivity index is 1.77. The fraction of sp³-hybridized carbons (Fsp3) is 0.194. The first-order valence-corrected chi connectivity index (χ1v) is 12.8. The second-order valence-corrected chi connectivity index (χ2v) is 9.13. The van der Waals surface area contributed by atoms with E-state index in [0.29, 0.717) is 56.8 Å². The summed E-state index contributed by atoms with van der Waals surface area (Å²) in [5.74, 6) is 2.04. The summed E-state index contributed by atoms with van der Waals surface area (Å²) in [6.07, 6.45) is -4.76. The van der Waals surface area contributed by atoms with Gasteiger partial charge in [-0.15, -0.1) is 0 Å². The molecule has 0 bridgehead atoms. The van der Waals surface area contributed by atoms with E-state index in [1.165, 1.54) is 40.2 Å². The highest BCUT2D eigenvalue weighted by molar-refractivity contribution is 5.73. The molecule has 0 aliphatic rings. The Bertz CT molecular complexity index is 1770. The van der Waals surface area contributed by atoms with Gasteiger partial charge in [-0.3, -0.25) is 0 Å². The van der Waals surface area contributed by atoms with Crippen molar-refractivity contribution in [3.05, 3.63) is 78.5 Å². The molecule has 0 N–H and O–H groups in total. The van der Waals surface area contributed by atoms with E-state index in [9.17, 15) is 13.2 Å². The predicted molar refractivity (Wildman–Crippen MR) is 153 cm³/mol. The summed E-state index contributed by atoms with van der Waals surface area (Å²) in [5.41, 5.74) is 1.35. The Labute approximate surface area is 245 Å². The number of hydrogen-bond donors (Lipinski definition) is 0. The third-order valence-corrected chi connectivity index (χ3v) is 6.63. The molecule has 43 heavy (non-hydrogen) atoms.